The van der Waals surface area contributed by atoms with Gasteiger partial charge in [0.15, 0.2) is 0 Å². The third kappa shape index (κ3) is 4.56. The highest BCUT2D eigenvalue weighted by Crippen LogP contribution is 2.37. The molecule has 38 heavy (non-hydrogen) atoms. The SMILES string of the molecule is COC(=O)C[C@@H]1COc2cc(CCc3cccc(-n4c([C@H]5CCCO5)nc5cc(F)ccc54)c3C)ccc21. The first-order valence-electron chi connectivity index (χ1n) is 13.2. The van der Waals surface area contributed by atoms with Gasteiger partial charge < -0.3 is 14.2 Å². The number of esters is 1. The Balaban J connectivity index is 1.27. The molecular weight excluding hydrogens is 483 g/mol. The molecule has 2 aliphatic rings. The molecule has 0 bridgehead atoms. The Bertz CT molecular complexity index is 1510. The van der Waals surface area contributed by atoms with Crippen LogP contribution in [0, 0.1) is 12.7 Å². The zero-order valence-corrected chi connectivity index (χ0v) is 21.7. The van der Waals surface area contributed by atoms with Crippen LogP contribution in [0.4, 0.5) is 4.39 Å². The highest BCUT2D eigenvalue weighted by atomic mass is 19.1. The quantitative estimate of drug-likeness (QED) is 0.277. The van der Waals surface area contributed by atoms with Gasteiger partial charge in [0.2, 0.25) is 0 Å². The van der Waals surface area contributed by atoms with Gasteiger partial charge in [0, 0.05) is 24.2 Å². The Morgan fingerprint density at radius 2 is 2.05 bits per heavy atom. The van der Waals surface area contributed by atoms with E-state index in [-0.39, 0.29) is 23.8 Å². The first-order chi connectivity index (χ1) is 18.5. The molecule has 0 amide bonds. The lowest BCUT2D eigenvalue weighted by Crippen LogP contribution is -2.09. The fourth-order valence-corrected chi connectivity index (χ4v) is 5.71. The smallest absolute Gasteiger partial charge is 0.306 e. The standard InChI is InChI=1S/C31H31FN2O4/c1-19-21(10-8-20-9-12-24-22(16-30(35)36-2)18-38-29(24)15-20)5-3-6-26(19)34-27-13-11-23(32)17-25(27)33-31(34)28-7-4-14-37-28/h3,5-6,9,11-13,15,17,22,28H,4,7-8,10,14,16,18H2,1-2H3/t22-,28-/m1/s1. The summed E-state index contributed by atoms with van der Waals surface area (Å²) in [6.07, 6.45) is 3.86. The molecule has 196 valence electrons. The largest absolute Gasteiger partial charge is 0.493 e. The van der Waals surface area contributed by atoms with E-state index < -0.39 is 0 Å². The number of hydrogen-bond acceptors (Lipinski definition) is 5. The maximum atomic E-state index is 14.0. The minimum atomic E-state index is -0.290. The molecule has 2 atom stereocenters. The van der Waals surface area contributed by atoms with Gasteiger partial charge in [0.1, 0.15) is 23.5 Å². The van der Waals surface area contributed by atoms with Crippen molar-refractivity contribution in [2.75, 3.05) is 20.3 Å². The highest BCUT2D eigenvalue weighted by molar-refractivity contribution is 5.79. The molecule has 0 unspecified atom stereocenters. The normalized spacial score (nSPS) is 18.5. The number of benzene rings is 3. The number of carbonyl (C=O) groups excluding carboxylic acids is 1. The van der Waals surface area contributed by atoms with E-state index in [1.54, 1.807) is 6.07 Å². The second-order valence-electron chi connectivity index (χ2n) is 10.2. The summed E-state index contributed by atoms with van der Waals surface area (Å²) in [5.41, 5.74) is 7.25. The minimum absolute atomic E-state index is 0.0435. The molecule has 2 aliphatic heterocycles. The minimum Gasteiger partial charge on any atom is -0.493 e. The number of imidazole rings is 1. The number of halogens is 1. The van der Waals surface area contributed by atoms with Crippen LogP contribution in [0.1, 0.15) is 59.4 Å². The van der Waals surface area contributed by atoms with Crippen LogP contribution in [0.15, 0.2) is 54.6 Å². The summed E-state index contributed by atoms with van der Waals surface area (Å²) in [7, 11) is 1.41. The summed E-state index contributed by atoms with van der Waals surface area (Å²) in [6, 6.07) is 17.4. The molecule has 6 rings (SSSR count). The Morgan fingerprint density at radius 1 is 1.16 bits per heavy atom. The van der Waals surface area contributed by atoms with Crippen molar-refractivity contribution in [2.24, 2.45) is 0 Å². The second-order valence-corrected chi connectivity index (χ2v) is 10.2. The molecule has 0 N–H and O–H groups in total. The van der Waals surface area contributed by atoms with Crippen molar-refractivity contribution in [3.8, 4) is 11.4 Å². The van der Waals surface area contributed by atoms with Crippen LogP contribution in [0.3, 0.4) is 0 Å². The number of rotatable bonds is 7. The van der Waals surface area contributed by atoms with E-state index in [4.69, 9.17) is 19.2 Å². The molecule has 0 saturated carbocycles. The molecule has 4 aromatic rings. The van der Waals surface area contributed by atoms with Crippen molar-refractivity contribution >= 4 is 17.0 Å². The number of hydrogen-bond donors (Lipinski definition) is 0. The molecule has 3 heterocycles. The van der Waals surface area contributed by atoms with Gasteiger partial charge in [-0.1, -0.05) is 24.3 Å². The Labute approximate surface area is 221 Å². The summed E-state index contributed by atoms with van der Waals surface area (Å²) >= 11 is 0. The van der Waals surface area contributed by atoms with Crippen LogP contribution in [0.2, 0.25) is 0 Å². The predicted octanol–water partition coefficient (Wildman–Crippen LogP) is 6.15. The lowest BCUT2D eigenvalue weighted by atomic mass is 9.94. The average molecular weight is 515 g/mol. The van der Waals surface area contributed by atoms with Crippen LogP contribution < -0.4 is 4.74 Å². The number of nitrogens with zero attached hydrogens (tertiary/aromatic N) is 2. The topological polar surface area (TPSA) is 62.6 Å². The van der Waals surface area contributed by atoms with Crippen LogP contribution in [-0.4, -0.2) is 35.8 Å². The summed E-state index contributed by atoms with van der Waals surface area (Å²) in [6.45, 7) is 3.36. The summed E-state index contributed by atoms with van der Waals surface area (Å²) < 4.78 is 32.9. The summed E-state index contributed by atoms with van der Waals surface area (Å²) in [5.74, 6) is 1.23. The van der Waals surface area contributed by atoms with Gasteiger partial charge in [-0.3, -0.25) is 9.36 Å². The zero-order valence-electron chi connectivity index (χ0n) is 21.7. The Kier molecular flexibility index (Phi) is 6.62. The Hall–Kier alpha value is -3.71. The van der Waals surface area contributed by atoms with E-state index in [2.05, 4.69) is 47.9 Å². The average Bonchev–Trinajstić information content (AvgIpc) is 3.67. The molecule has 1 fully saturated rings. The maximum Gasteiger partial charge on any atom is 0.306 e. The lowest BCUT2D eigenvalue weighted by Gasteiger charge is -2.18. The Morgan fingerprint density at radius 3 is 2.87 bits per heavy atom. The van der Waals surface area contributed by atoms with Crippen LogP contribution in [0.25, 0.3) is 16.7 Å². The molecule has 0 aliphatic carbocycles. The van der Waals surface area contributed by atoms with Gasteiger partial charge in [0.25, 0.3) is 0 Å². The van der Waals surface area contributed by atoms with E-state index in [0.717, 1.165) is 60.6 Å². The van der Waals surface area contributed by atoms with Crippen molar-refractivity contribution in [3.05, 3.63) is 88.5 Å². The van der Waals surface area contributed by atoms with Gasteiger partial charge in [-0.05, 0) is 73.6 Å². The van der Waals surface area contributed by atoms with Crippen LogP contribution in [-0.2, 0) is 27.1 Å². The first-order valence-corrected chi connectivity index (χ1v) is 13.2. The third-order valence-corrected chi connectivity index (χ3v) is 7.80. The number of ether oxygens (including phenoxy) is 3. The molecule has 0 radical (unpaired) electrons. The summed E-state index contributed by atoms with van der Waals surface area (Å²) in [5, 5.41) is 0. The first kappa shape index (κ1) is 24.6. The van der Waals surface area contributed by atoms with Crippen molar-refractivity contribution in [1.82, 2.24) is 9.55 Å². The fourth-order valence-electron chi connectivity index (χ4n) is 5.71. The number of methoxy groups -OCH3 is 1. The molecule has 6 nitrogen and oxygen atoms in total. The van der Waals surface area contributed by atoms with Crippen LogP contribution in [0.5, 0.6) is 5.75 Å². The van der Waals surface area contributed by atoms with Gasteiger partial charge in [-0.25, -0.2) is 9.37 Å². The fraction of sp³-hybridized carbons (Fsp3) is 0.355. The van der Waals surface area contributed by atoms with Gasteiger partial charge in [-0.2, -0.15) is 0 Å². The number of carbonyl (C=O) groups is 1. The van der Waals surface area contributed by atoms with Crippen molar-refractivity contribution in [2.45, 2.75) is 51.0 Å². The lowest BCUT2D eigenvalue weighted by molar-refractivity contribution is -0.141. The highest BCUT2D eigenvalue weighted by Gasteiger charge is 2.28. The predicted molar refractivity (Wildman–Crippen MR) is 142 cm³/mol. The molecule has 1 aromatic heterocycles. The van der Waals surface area contributed by atoms with Gasteiger partial charge in [-0.15, -0.1) is 0 Å². The van der Waals surface area contributed by atoms with E-state index >= 15 is 0 Å². The second kappa shape index (κ2) is 10.2. The molecule has 0 spiro atoms. The van der Waals surface area contributed by atoms with Crippen molar-refractivity contribution in [3.63, 3.8) is 0 Å². The third-order valence-electron chi connectivity index (χ3n) is 7.80. The van der Waals surface area contributed by atoms with E-state index in [1.807, 2.05) is 0 Å². The molecule has 7 heteroatoms. The van der Waals surface area contributed by atoms with E-state index in [1.165, 1.54) is 35.9 Å². The molecule has 3 aromatic carbocycles. The van der Waals surface area contributed by atoms with Crippen molar-refractivity contribution in [1.29, 1.82) is 0 Å². The number of fused-ring (bicyclic) bond motifs is 2. The van der Waals surface area contributed by atoms with E-state index in [0.29, 0.717) is 18.5 Å². The van der Waals surface area contributed by atoms with Crippen LogP contribution >= 0.6 is 0 Å². The number of aromatic nitrogens is 2. The molecule has 1 saturated heterocycles. The van der Waals surface area contributed by atoms with Gasteiger partial charge >= 0.3 is 5.97 Å². The molecular formula is C31H31FN2O4. The van der Waals surface area contributed by atoms with Crippen molar-refractivity contribution < 1.29 is 23.4 Å². The zero-order chi connectivity index (χ0) is 26.2. The summed E-state index contributed by atoms with van der Waals surface area (Å²) in [4.78, 5) is 16.5. The monoisotopic (exact) mass is 514 g/mol. The number of aryl methyl sites for hydroxylation is 2. The van der Waals surface area contributed by atoms with E-state index in [9.17, 15) is 9.18 Å². The maximum absolute atomic E-state index is 14.0. The van der Waals surface area contributed by atoms with Gasteiger partial charge in [0.05, 0.1) is 36.9 Å².